The minimum atomic E-state index is -4.20. The first-order valence-corrected chi connectivity index (χ1v) is 24.4. The molecule has 1 aliphatic carbocycles. The number of carbonyl (C=O) groups is 2. The van der Waals surface area contributed by atoms with E-state index < -0.39 is 43.7 Å². The van der Waals surface area contributed by atoms with Crippen molar-refractivity contribution in [2.75, 3.05) is 42.1 Å². The molecule has 0 radical (unpaired) electrons. The van der Waals surface area contributed by atoms with Gasteiger partial charge in [0.2, 0.25) is 5.52 Å². The molecule has 0 amide bonds. The SMILES string of the molecule is COC(=O)c1ccc2c(c1)N(CCCS(=O)(=O)O)C(=CC=C1CCC(C=Cc3sc4ccc(C(=O)OC)cc4[n+]3CCCS(=O)(=O)O)=C1N(c1ccccc1)c1ccccc1)S2. The van der Waals surface area contributed by atoms with E-state index in [1.54, 1.807) is 24.3 Å². The number of anilines is 3. The second-order valence-electron chi connectivity index (χ2n) is 14.4. The molecule has 2 N–H and O–H groups in total. The number of para-hydroxylation sites is 2. The number of nitrogens with zero attached hydrogens (tertiary/aromatic N) is 3. The molecule has 0 saturated carbocycles. The van der Waals surface area contributed by atoms with Gasteiger partial charge in [-0.1, -0.05) is 65.6 Å². The van der Waals surface area contributed by atoms with Gasteiger partial charge in [0.1, 0.15) is 4.70 Å². The minimum Gasteiger partial charge on any atom is -0.465 e. The van der Waals surface area contributed by atoms with Crippen LogP contribution in [0.15, 0.2) is 142 Å². The molecule has 0 saturated heterocycles. The van der Waals surface area contributed by atoms with Crippen molar-refractivity contribution in [2.24, 2.45) is 0 Å². The van der Waals surface area contributed by atoms with Gasteiger partial charge in [-0.15, -0.1) is 0 Å². The van der Waals surface area contributed by atoms with Crippen LogP contribution in [-0.2, 0) is 36.3 Å². The Morgan fingerprint density at radius 1 is 0.774 bits per heavy atom. The minimum absolute atomic E-state index is 0.141. The Morgan fingerprint density at radius 3 is 2.02 bits per heavy atom. The number of ether oxygens (including phenoxy) is 2. The van der Waals surface area contributed by atoms with Gasteiger partial charge in [-0.25, -0.2) is 9.59 Å². The third-order valence-corrected chi connectivity index (χ3v) is 14.1. The van der Waals surface area contributed by atoms with Gasteiger partial charge in [-0.3, -0.25) is 9.11 Å². The van der Waals surface area contributed by atoms with Crippen LogP contribution in [0.4, 0.5) is 17.1 Å². The molecule has 17 heteroatoms. The number of hydrogen-bond donors (Lipinski definition) is 2. The molecule has 0 bridgehead atoms. The number of methoxy groups -OCH3 is 2. The van der Waals surface area contributed by atoms with Crippen LogP contribution in [0.5, 0.6) is 0 Å². The van der Waals surface area contributed by atoms with Gasteiger partial charge in [0.25, 0.3) is 25.2 Å². The number of allylic oxidation sites excluding steroid dienone is 5. The number of carbonyl (C=O) groups excluding carboxylic acids is 2. The largest absolute Gasteiger partial charge is 0.465 e. The topological polar surface area (TPSA) is 172 Å². The molecule has 0 atom stereocenters. The van der Waals surface area contributed by atoms with Crippen molar-refractivity contribution in [3.05, 3.63) is 153 Å². The first kappa shape index (κ1) is 44.5. The van der Waals surface area contributed by atoms with Crippen LogP contribution >= 0.6 is 23.1 Å². The summed E-state index contributed by atoms with van der Waals surface area (Å²) in [5, 5.41) is 1.61. The number of esters is 2. The molecule has 322 valence electrons. The molecular weight excluding hydrogens is 871 g/mol. The highest BCUT2D eigenvalue weighted by Crippen LogP contribution is 2.47. The Kier molecular flexibility index (Phi) is 13.8. The van der Waals surface area contributed by atoms with Gasteiger partial charge in [0, 0.05) is 41.4 Å². The standard InChI is InChI=1S/C45H43N3O10S4/c1-57-44(49)33-17-21-39-37(29-33)46(25-9-27-61(51,52)53)41(59-39)23-19-31-15-16-32(43(31)48(35-11-5-3-6-12-35)36-13-7-4-8-14-36)20-24-42-47(26-10-28-62(54,55)56)38-30-34(45(50)58-2)18-22-40(38)60-42/h3-8,11-14,17-24,29-30H,9-10,15-16,25-28H2,1-2H3,(H-,51,52,53,54,55,56)/p+1. The normalized spacial score (nSPS) is 15.6. The van der Waals surface area contributed by atoms with Crippen LogP contribution < -0.4 is 14.4 Å². The summed E-state index contributed by atoms with van der Waals surface area (Å²) in [5.41, 5.74) is 7.03. The Labute approximate surface area is 368 Å². The zero-order valence-electron chi connectivity index (χ0n) is 33.8. The van der Waals surface area contributed by atoms with Crippen LogP contribution in [-0.4, -0.2) is 70.1 Å². The smallest absolute Gasteiger partial charge is 0.338 e. The van der Waals surface area contributed by atoms with Crippen LogP contribution in [0.25, 0.3) is 16.3 Å². The van der Waals surface area contributed by atoms with Gasteiger partial charge in [-0.2, -0.15) is 21.4 Å². The molecule has 5 aromatic rings. The van der Waals surface area contributed by atoms with Gasteiger partial charge < -0.3 is 19.3 Å². The van der Waals surface area contributed by atoms with Gasteiger partial charge in [0.15, 0.2) is 6.54 Å². The third-order valence-electron chi connectivity index (χ3n) is 10.2. The van der Waals surface area contributed by atoms with E-state index >= 15 is 0 Å². The number of aromatic nitrogens is 1. The van der Waals surface area contributed by atoms with Crippen LogP contribution in [0, 0.1) is 0 Å². The van der Waals surface area contributed by atoms with Crippen molar-refractivity contribution in [3.63, 3.8) is 0 Å². The van der Waals surface area contributed by atoms with Crippen molar-refractivity contribution >= 4 is 88.6 Å². The van der Waals surface area contributed by atoms with Crippen molar-refractivity contribution in [2.45, 2.75) is 37.1 Å². The van der Waals surface area contributed by atoms with Gasteiger partial charge in [-0.05, 0) is 97.2 Å². The fourth-order valence-corrected chi connectivity index (χ4v) is 10.6. The molecule has 1 aliphatic heterocycles. The lowest BCUT2D eigenvalue weighted by Gasteiger charge is -2.28. The van der Waals surface area contributed by atoms with E-state index in [-0.39, 0.29) is 25.9 Å². The number of rotatable bonds is 16. The summed E-state index contributed by atoms with van der Waals surface area (Å²) in [4.78, 5) is 30.1. The zero-order chi connectivity index (χ0) is 44.0. The van der Waals surface area contributed by atoms with E-state index in [0.717, 1.165) is 59.1 Å². The maximum atomic E-state index is 12.5. The summed E-state index contributed by atoms with van der Waals surface area (Å²) in [6.07, 6.45) is 9.77. The molecule has 2 heterocycles. The van der Waals surface area contributed by atoms with Crippen LogP contribution in [0.1, 0.15) is 51.4 Å². The van der Waals surface area contributed by atoms with Crippen molar-refractivity contribution in [1.29, 1.82) is 0 Å². The molecule has 4 aromatic carbocycles. The number of hydrogen-bond acceptors (Lipinski definition) is 12. The second kappa shape index (κ2) is 19.2. The quantitative estimate of drug-likeness (QED) is 0.0548. The van der Waals surface area contributed by atoms with Gasteiger partial charge in [0.05, 0.1) is 53.3 Å². The second-order valence-corrected chi connectivity index (χ2v) is 19.7. The Hall–Kier alpha value is -5.56. The van der Waals surface area contributed by atoms with E-state index in [4.69, 9.17) is 9.47 Å². The summed E-state index contributed by atoms with van der Waals surface area (Å²) < 4.78 is 78.6. The highest BCUT2D eigenvalue weighted by molar-refractivity contribution is 8.03. The monoisotopic (exact) mass is 914 g/mol. The Morgan fingerprint density at radius 2 is 1.39 bits per heavy atom. The highest BCUT2D eigenvalue weighted by atomic mass is 32.2. The molecule has 0 spiro atoms. The molecule has 0 unspecified atom stereocenters. The Balaban J connectivity index is 1.35. The Bertz CT molecular complexity index is 2810. The third kappa shape index (κ3) is 10.5. The number of benzene rings is 4. The van der Waals surface area contributed by atoms with Crippen LogP contribution in [0.2, 0.25) is 0 Å². The highest BCUT2D eigenvalue weighted by Gasteiger charge is 2.30. The maximum absolute atomic E-state index is 12.5. The van der Waals surface area contributed by atoms with E-state index in [1.165, 1.54) is 37.3 Å². The average Bonchev–Trinajstić information content (AvgIpc) is 3.93. The molecule has 1 aromatic heterocycles. The molecule has 2 aliphatic rings. The molecule has 0 fully saturated rings. The fourth-order valence-electron chi connectivity index (χ4n) is 7.44. The summed E-state index contributed by atoms with van der Waals surface area (Å²) >= 11 is 2.98. The lowest BCUT2D eigenvalue weighted by atomic mass is 10.1. The fraction of sp³-hybridized carbons (Fsp3) is 0.222. The van der Waals surface area contributed by atoms with Crippen LogP contribution in [0.3, 0.4) is 0 Å². The summed E-state index contributed by atoms with van der Waals surface area (Å²) in [6, 6.07) is 30.5. The predicted molar refractivity (Wildman–Crippen MR) is 243 cm³/mol. The zero-order valence-corrected chi connectivity index (χ0v) is 37.1. The average molecular weight is 915 g/mol. The molecule has 13 nitrogen and oxygen atoms in total. The molecular formula is C45H44N3O10S4+. The lowest BCUT2D eigenvalue weighted by Crippen LogP contribution is -2.36. The van der Waals surface area contributed by atoms with Gasteiger partial charge >= 0.3 is 11.9 Å². The molecule has 62 heavy (non-hydrogen) atoms. The summed E-state index contributed by atoms with van der Waals surface area (Å²) in [5.74, 6) is -1.84. The van der Waals surface area contributed by atoms with Crippen molar-refractivity contribution in [1.82, 2.24) is 0 Å². The van der Waals surface area contributed by atoms with E-state index in [9.17, 15) is 35.5 Å². The van der Waals surface area contributed by atoms with E-state index in [0.29, 0.717) is 24.0 Å². The predicted octanol–water partition coefficient (Wildman–Crippen LogP) is 8.60. The van der Waals surface area contributed by atoms with E-state index in [2.05, 4.69) is 17.1 Å². The molecule has 7 rings (SSSR count). The number of fused-ring (bicyclic) bond motifs is 2. The summed E-state index contributed by atoms with van der Waals surface area (Å²) in [7, 11) is -5.78. The number of aryl methyl sites for hydroxylation is 1. The number of thiazole rings is 1. The van der Waals surface area contributed by atoms with Crippen molar-refractivity contribution in [3.8, 4) is 0 Å². The maximum Gasteiger partial charge on any atom is 0.338 e. The lowest BCUT2D eigenvalue weighted by molar-refractivity contribution is -0.668. The van der Waals surface area contributed by atoms with Crippen molar-refractivity contribution < 1.29 is 49.6 Å². The first-order valence-electron chi connectivity index (χ1n) is 19.6. The van der Waals surface area contributed by atoms with E-state index in [1.807, 2.05) is 94.4 Å². The summed E-state index contributed by atoms with van der Waals surface area (Å²) in [6.45, 7) is 0.521. The number of thioether (sulfide) groups is 1. The first-order chi connectivity index (χ1) is 29.7.